The quantitative estimate of drug-likeness (QED) is 0.449. The molecule has 0 radical (unpaired) electrons. The van der Waals surface area contributed by atoms with E-state index in [1.54, 1.807) is 0 Å². The summed E-state index contributed by atoms with van der Waals surface area (Å²) in [5.74, 6) is 0. The van der Waals surface area contributed by atoms with Gasteiger partial charge in [0.05, 0.1) is 0 Å². The molecule has 1 aliphatic carbocycles. The van der Waals surface area contributed by atoms with Crippen molar-refractivity contribution in [2.45, 2.75) is 25.3 Å². The van der Waals surface area contributed by atoms with Crippen LogP contribution in [0.5, 0.6) is 0 Å². The van der Waals surface area contributed by atoms with Gasteiger partial charge in [0.15, 0.2) is 0 Å². The molecule has 40 valence electrons. The number of hydrogen-bond donors (Lipinski definition) is 1. The van der Waals surface area contributed by atoms with E-state index in [0.29, 0.717) is 6.04 Å². The standard InChI is InChI=1S/C6H11N/c7-6-4-2-1-3-5-6/h1-2,6H,3-5,7H2/t6-/m1/s1. The number of allylic oxidation sites excluding steroid dienone is 1. The van der Waals surface area contributed by atoms with Gasteiger partial charge < -0.3 is 5.73 Å². The topological polar surface area (TPSA) is 26.0 Å². The fourth-order valence-electron chi connectivity index (χ4n) is 0.817. The molecule has 0 saturated carbocycles. The largest absolute Gasteiger partial charge is 0.327 e. The van der Waals surface area contributed by atoms with Crippen LogP contribution in [0.25, 0.3) is 0 Å². The minimum Gasteiger partial charge on any atom is -0.327 e. The molecule has 0 aliphatic heterocycles. The predicted molar refractivity (Wildman–Crippen MR) is 31.0 cm³/mol. The van der Waals surface area contributed by atoms with Gasteiger partial charge in [-0.3, -0.25) is 0 Å². The fourth-order valence-corrected chi connectivity index (χ4v) is 0.817. The number of hydrogen-bond acceptors (Lipinski definition) is 1. The molecule has 0 saturated heterocycles. The van der Waals surface area contributed by atoms with Gasteiger partial charge in [-0.05, 0) is 19.3 Å². The van der Waals surface area contributed by atoms with Crippen molar-refractivity contribution in [2.24, 2.45) is 5.73 Å². The van der Waals surface area contributed by atoms with Gasteiger partial charge >= 0.3 is 0 Å². The summed E-state index contributed by atoms with van der Waals surface area (Å²) in [6.45, 7) is 0. The molecule has 1 nitrogen and oxygen atoms in total. The molecule has 0 heterocycles. The predicted octanol–water partition coefficient (Wildman–Crippen LogP) is 1.05. The summed E-state index contributed by atoms with van der Waals surface area (Å²) in [6, 6.07) is 0.449. The highest BCUT2D eigenvalue weighted by Crippen LogP contribution is 2.06. The molecule has 0 spiro atoms. The molecular weight excluding hydrogens is 86.1 g/mol. The summed E-state index contributed by atoms with van der Waals surface area (Å²) in [6.07, 6.45) is 7.80. The van der Waals surface area contributed by atoms with E-state index in [1.165, 1.54) is 12.8 Å². The van der Waals surface area contributed by atoms with E-state index >= 15 is 0 Å². The summed E-state index contributed by atoms with van der Waals surface area (Å²) < 4.78 is 0. The molecule has 0 fully saturated rings. The molecule has 1 aliphatic rings. The zero-order valence-electron chi connectivity index (χ0n) is 4.43. The van der Waals surface area contributed by atoms with Gasteiger partial charge in [0.25, 0.3) is 0 Å². The molecular formula is C6H11N. The minimum atomic E-state index is 0.449. The zero-order valence-corrected chi connectivity index (χ0v) is 4.43. The van der Waals surface area contributed by atoms with Crippen LogP contribution >= 0.6 is 0 Å². The van der Waals surface area contributed by atoms with Gasteiger partial charge in [0.1, 0.15) is 0 Å². The second kappa shape index (κ2) is 2.12. The normalized spacial score (nSPS) is 30.7. The number of nitrogens with two attached hydrogens (primary N) is 1. The summed E-state index contributed by atoms with van der Waals surface area (Å²) in [4.78, 5) is 0. The van der Waals surface area contributed by atoms with Gasteiger partial charge in [-0.15, -0.1) is 0 Å². The molecule has 0 aromatic carbocycles. The van der Waals surface area contributed by atoms with Crippen LogP contribution < -0.4 is 5.73 Å². The van der Waals surface area contributed by atoms with Gasteiger partial charge in [-0.1, -0.05) is 12.2 Å². The highest BCUT2D eigenvalue weighted by atomic mass is 14.6. The zero-order chi connectivity index (χ0) is 5.11. The Labute approximate surface area is 44.2 Å². The van der Waals surface area contributed by atoms with Crippen LogP contribution in [0.4, 0.5) is 0 Å². The molecule has 2 N–H and O–H groups in total. The lowest BCUT2D eigenvalue weighted by atomic mass is 10.0. The van der Waals surface area contributed by atoms with Crippen LogP contribution in [-0.4, -0.2) is 6.04 Å². The molecule has 0 aromatic rings. The first-order chi connectivity index (χ1) is 3.39. The maximum atomic E-state index is 5.58. The minimum absolute atomic E-state index is 0.449. The molecule has 0 bridgehead atoms. The van der Waals surface area contributed by atoms with Crippen LogP contribution in [0.15, 0.2) is 12.2 Å². The van der Waals surface area contributed by atoms with Gasteiger partial charge in [0.2, 0.25) is 0 Å². The van der Waals surface area contributed by atoms with Crippen LogP contribution in [0, 0.1) is 0 Å². The Bertz CT molecular complexity index is 76.2. The van der Waals surface area contributed by atoms with E-state index in [4.69, 9.17) is 5.73 Å². The molecule has 1 heteroatoms. The van der Waals surface area contributed by atoms with Crippen molar-refractivity contribution < 1.29 is 0 Å². The smallest absolute Gasteiger partial charge is 0.00763 e. The van der Waals surface area contributed by atoms with Gasteiger partial charge in [-0.25, -0.2) is 0 Å². The highest BCUT2D eigenvalue weighted by Gasteiger charge is 2.00. The lowest BCUT2D eigenvalue weighted by Crippen LogP contribution is -2.19. The van der Waals surface area contributed by atoms with Gasteiger partial charge in [-0.2, -0.15) is 0 Å². The summed E-state index contributed by atoms with van der Waals surface area (Å²) in [7, 11) is 0. The third-order valence-corrected chi connectivity index (χ3v) is 1.31. The summed E-state index contributed by atoms with van der Waals surface area (Å²) >= 11 is 0. The van der Waals surface area contributed by atoms with E-state index in [-0.39, 0.29) is 0 Å². The maximum absolute atomic E-state index is 5.58. The Balaban J connectivity index is 2.32. The van der Waals surface area contributed by atoms with Crippen LogP contribution in [-0.2, 0) is 0 Å². The summed E-state index contributed by atoms with van der Waals surface area (Å²) in [5, 5.41) is 0. The van der Waals surface area contributed by atoms with E-state index < -0.39 is 0 Å². The van der Waals surface area contributed by atoms with Crippen molar-refractivity contribution in [3.05, 3.63) is 12.2 Å². The Morgan fingerprint density at radius 1 is 1.43 bits per heavy atom. The van der Waals surface area contributed by atoms with Crippen LogP contribution in [0.3, 0.4) is 0 Å². The monoisotopic (exact) mass is 97.1 g/mol. The average molecular weight is 97.2 g/mol. The van der Waals surface area contributed by atoms with E-state index in [2.05, 4.69) is 12.2 Å². The average Bonchev–Trinajstić information content (AvgIpc) is 1.69. The lowest BCUT2D eigenvalue weighted by Gasteiger charge is -2.09. The van der Waals surface area contributed by atoms with Crippen molar-refractivity contribution in [1.82, 2.24) is 0 Å². The Kier molecular flexibility index (Phi) is 1.47. The van der Waals surface area contributed by atoms with Crippen LogP contribution in [0.1, 0.15) is 19.3 Å². The Hall–Kier alpha value is -0.300. The first-order valence-corrected chi connectivity index (χ1v) is 2.80. The lowest BCUT2D eigenvalue weighted by molar-refractivity contribution is 0.606. The third kappa shape index (κ3) is 1.32. The molecule has 1 atom stereocenters. The molecule has 0 unspecified atom stereocenters. The maximum Gasteiger partial charge on any atom is 0.00763 e. The molecule has 7 heavy (non-hydrogen) atoms. The number of rotatable bonds is 0. The van der Waals surface area contributed by atoms with Crippen molar-refractivity contribution in [3.8, 4) is 0 Å². The van der Waals surface area contributed by atoms with E-state index in [0.717, 1.165) is 6.42 Å². The first kappa shape index (κ1) is 4.85. The van der Waals surface area contributed by atoms with E-state index in [9.17, 15) is 0 Å². The van der Waals surface area contributed by atoms with E-state index in [1.807, 2.05) is 0 Å². The Morgan fingerprint density at radius 3 is 2.57 bits per heavy atom. The molecule has 1 rings (SSSR count). The molecule has 0 aromatic heterocycles. The first-order valence-electron chi connectivity index (χ1n) is 2.80. The van der Waals surface area contributed by atoms with Crippen LogP contribution in [0.2, 0.25) is 0 Å². The second-order valence-electron chi connectivity index (χ2n) is 2.04. The van der Waals surface area contributed by atoms with Crippen molar-refractivity contribution in [1.29, 1.82) is 0 Å². The second-order valence-corrected chi connectivity index (χ2v) is 2.04. The molecule has 0 amide bonds. The highest BCUT2D eigenvalue weighted by molar-refractivity contribution is 4.91. The van der Waals surface area contributed by atoms with Crippen molar-refractivity contribution in [2.75, 3.05) is 0 Å². The summed E-state index contributed by atoms with van der Waals surface area (Å²) in [5.41, 5.74) is 5.58. The third-order valence-electron chi connectivity index (χ3n) is 1.31. The fraction of sp³-hybridized carbons (Fsp3) is 0.667. The van der Waals surface area contributed by atoms with Crippen molar-refractivity contribution in [3.63, 3.8) is 0 Å². The van der Waals surface area contributed by atoms with Crippen molar-refractivity contribution >= 4 is 0 Å². The Morgan fingerprint density at radius 2 is 2.29 bits per heavy atom. The SMILES string of the molecule is N[C@@H]1CC=CCC1. The van der Waals surface area contributed by atoms with Gasteiger partial charge in [0, 0.05) is 6.04 Å².